The van der Waals surface area contributed by atoms with Crippen molar-refractivity contribution in [1.82, 2.24) is 14.8 Å². The number of rotatable bonds is 6. The molecule has 1 aromatic heterocycles. The van der Waals surface area contributed by atoms with Gasteiger partial charge in [0.25, 0.3) is 0 Å². The van der Waals surface area contributed by atoms with Crippen LogP contribution in [0.4, 0.5) is 5.13 Å². The maximum absolute atomic E-state index is 10.7. The van der Waals surface area contributed by atoms with Gasteiger partial charge in [-0.2, -0.15) is 0 Å². The summed E-state index contributed by atoms with van der Waals surface area (Å²) in [5.74, 6) is -0.824. The number of carbonyl (C=O) groups is 1. The lowest BCUT2D eigenvalue weighted by atomic mass is 10.3. The van der Waals surface area contributed by atoms with Gasteiger partial charge in [0, 0.05) is 44.6 Å². The molecule has 1 aliphatic rings. The van der Waals surface area contributed by atoms with Gasteiger partial charge in [-0.1, -0.05) is 0 Å². The van der Waals surface area contributed by atoms with Crippen molar-refractivity contribution in [3.8, 4) is 0 Å². The predicted octanol–water partition coefficient (Wildman–Crippen LogP) is 0.454. The largest absolute Gasteiger partial charge is 0.481 e. The number of likely N-dealkylation sites (N-methyl/N-ethyl adjacent to an activating group) is 1. The van der Waals surface area contributed by atoms with Crippen LogP contribution in [-0.4, -0.2) is 79.2 Å². The van der Waals surface area contributed by atoms with E-state index in [0.29, 0.717) is 5.69 Å². The SMILES string of the molecule is CN(C)CCN1CCN(c2nc(CC(=O)O)cs2)CC1. The second kappa shape index (κ2) is 7.01. The molecular weight excluding hydrogens is 276 g/mol. The first-order valence-electron chi connectivity index (χ1n) is 6.83. The Balaban J connectivity index is 1.81. The zero-order chi connectivity index (χ0) is 14.5. The van der Waals surface area contributed by atoms with E-state index in [9.17, 15) is 4.79 Å². The molecule has 0 aromatic carbocycles. The minimum Gasteiger partial charge on any atom is -0.481 e. The number of aromatic nitrogens is 1. The van der Waals surface area contributed by atoms with Crippen molar-refractivity contribution in [2.45, 2.75) is 6.42 Å². The van der Waals surface area contributed by atoms with Crippen molar-refractivity contribution in [1.29, 1.82) is 0 Å². The van der Waals surface area contributed by atoms with E-state index >= 15 is 0 Å². The molecule has 6 nitrogen and oxygen atoms in total. The fourth-order valence-electron chi connectivity index (χ4n) is 2.18. The Morgan fingerprint density at radius 1 is 1.40 bits per heavy atom. The van der Waals surface area contributed by atoms with Crippen molar-refractivity contribution in [3.05, 3.63) is 11.1 Å². The van der Waals surface area contributed by atoms with Crippen LogP contribution >= 0.6 is 11.3 Å². The second-order valence-corrected chi connectivity index (χ2v) is 6.16. The molecule has 1 aromatic rings. The highest BCUT2D eigenvalue weighted by Gasteiger charge is 2.19. The fraction of sp³-hybridized carbons (Fsp3) is 0.692. The predicted molar refractivity (Wildman–Crippen MR) is 80.7 cm³/mol. The van der Waals surface area contributed by atoms with Crippen LogP contribution in [0.25, 0.3) is 0 Å². The lowest BCUT2D eigenvalue weighted by molar-refractivity contribution is -0.136. The van der Waals surface area contributed by atoms with Gasteiger partial charge in [-0.15, -0.1) is 11.3 Å². The van der Waals surface area contributed by atoms with Crippen molar-refractivity contribution in [2.24, 2.45) is 0 Å². The van der Waals surface area contributed by atoms with Gasteiger partial charge in [0.15, 0.2) is 5.13 Å². The van der Waals surface area contributed by atoms with E-state index in [4.69, 9.17) is 5.11 Å². The maximum atomic E-state index is 10.7. The Hall–Kier alpha value is -1.18. The van der Waals surface area contributed by atoms with E-state index < -0.39 is 5.97 Å². The molecule has 2 heterocycles. The quantitative estimate of drug-likeness (QED) is 0.823. The van der Waals surface area contributed by atoms with Crippen molar-refractivity contribution < 1.29 is 9.90 Å². The van der Waals surface area contributed by atoms with Gasteiger partial charge in [-0.25, -0.2) is 4.98 Å². The number of aliphatic carboxylic acids is 1. The molecule has 112 valence electrons. The third-order valence-corrected chi connectivity index (χ3v) is 4.33. The summed E-state index contributed by atoms with van der Waals surface area (Å²) in [7, 11) is 4.19. The molecule has 0 bridgehead atoms. The van der Waals surface area contributed by atoms with Crippen LogP contribution in [0, 0.1) is 0 Å². The Bertz CT molecular complexity index is 441. The van der Waals surface area contributed by atoms with Gasteiger partial charge in [0.05, 0.1) is 12.1 Å². The van der Waals surface area contributed by atoms with E-state index in [1.807, 2.05) is 5.38 Å². The molecule has 0 spiro atoms. The number of hydrogen-bond acceptors (Lipinski definition) is 6. The number of carboxylic acids is 1. The van der Waals surface area contributed by atoms with Gasteiger partial charge < -0.3 is 14.9 Å². The van der Waals surface area contributed by atoms with Crippen molar-refractivity contribution in [2.75, 3.05) is 58.3 Å². The molecule has 0 unspecified atom stereocenters. The molecule has 0 saturated carbocycles. The molecular formula is C13H22N4O2S. The molecule has 0 radical (unpaired) electrons. The van der Waals surface area contributed by atoms with Crippen LogP contribution in [0.2, 0.25) is 0 Å². The number of hydrogen-bond donors (Lipinski definition) is 1. The molecule has 0 aliphatic carbocycles. The summed E-state index contributed by atoms with van der Waals surface area (Å²) >= 11 is 1.54. The van der Waals surface area contributed by atoms with E-state index in [1.165, 1.54) is 0 Å². The Morgan fingerprint density at radius 3 is 2.70 bits per heavy atom. The number of piperazine rings is 1. The Labute approximate surface area is 123 Å². The monoisotopic (exact) mass is 298 g/mol. The van der Waals surface area contributed by atoms with Crippen LogP contribution in [-0.2, 0) is 11.2 Å². The summed E-state index contributed by atoms with van der Waals surface area (Å²) < 4.78 is 0. The molecule has 2 rings (SSSR count). The summed E-state index contributed by atoms with van der Waals surface area (Å²) in [6, 6.07) is 0. The normalized spacial score (nSPS) is 16.9. The summed E-state index contributed by atoms with van der Waals surface area (Å²) in [6.07, 6.45) is 0.0132. The molecule has 0 amide bonds. The van der Waals surface area contributed by atoms with E-state index in [-0.39, 0.29) is 6.42 Å². The van der Waals surface area contributed by atoms with Crippen LogP contribution in [0.15, 0.2) is 5.38 Å². The first-order valence-corrected chi connectivity index (χ1v) is 7.71. The van der Waals surface area contributed by atoms with Gasteiger partial charge in [0.2, 0.25) is 0 Å². The summed E-state index contributed by atoms with van der Waals surface area (Å²) in [4.78, 5) is 22.0. The third-order valence-electron chi connectivity index (χ3n) is 3.38. The fourth-order valence-corrected chi connectivity index (χ4v) is 3.06. The molecule has 0 atom stereocenters. The zero-order valence-corrected chi connectivity index (χ0v) is 12.9. The van der Waals surface area contributed by atoms with Gasteiger partial charge in [-0.05, 0) is 14.1 Å². The van der Waals surface area contributed by atoms with Crippen molar-refractivity contribution in [3.63, 3.8) is 0 Å². The summed E-state index contributed by atoms with van der Waals surface area (Å²) in [5.41, 5.74) is 0.660. The summed E-state index contributed by atoms with van der Waals surface area (Å²) in [5, 5.41) is 11.6. The van der Waals surface area contributed by atoms with Crippen molar-refractivity contribution >= 4 is 22.4 Å². The Morgan fingerprint density at radius 2 is 2.10 bits per heavy atom. The molecule has 1 N–H and O–H groups in total. The third kappa shape index (κ3) is 4.43. The van der Waals surface area contributed by atoms with E-state index in [2.05, 4.69) is 33.8 Å². The zero-order valence-electron chi connectivity index (χ0n) is 12.1. The smallest absolute Gasteiger partial charge is 0.309 e. The molecule has 7 heteroatoms. The molecule has 1 aliphatic heterocycles. The summed E-state index contributed by atoms with van der Waals surface area (Å²) in [6.45, 7) is 6.20. The van der Waals surface area contributed by atoms with Gasteiger partial charge in [-0.3, -0.25) is 9.69 Å². The number of thiazole rings is 1. The number of carboxylic acid groups (broad SMARTS) is 1. The topological polar surface area (TPSA) is 59.9 Å². The highest BCUT2D eigenvalue weighted by Crippen LogP contribution is 2.22. The maximum Gasteiger partial charge on any atom is 0.309 e. The second-order valence-electron chi connectivity index (χ2n) is 5.32. The average molecular weight is 298 g/mol. The molecule has 1 saturated heterocycles. The standard InChI is InChI=1S/C13H22N4O2S/c1-15(2)3-4-16-5-7-17(8-6-16)13-14-11(10-20-13)9-12(18)19/h10H,3-9H2,1-2H3,(H,18,19). The van der Waals surface area contributed by atoms with Crippen LogP contribution in [0.1, 0.15) is 5.69 Å². The first kappa shape index (κ1) is 15.2. The van der Waals surface area contributed by atoms with Crippen LogP contribution in [0.3, 0.4) is 0 Å². The van der Waals surface area contributed by atoms with Crippen LogP contribution < -0.4 is 4.90 Å². The molecule has 20 heavy (non-hydrogen) atoms. The average Bonchev–Trinajstić information content (AvgIpc) is 2.84. The number of anilines is 1. The highest BCUT2D eigenvalue weighted by molar-refractivity contribution is 7.13. The lowest BCUT2D eigenvalue weighted by Gasteiger charge is -2.35. The molecule has 1 fully saturated rings. The minimum absolute atomic E-state index is 0.0132. The number of nitrogens with zero attached hydrogens (tertiary/aromatic N) is 4. The van der Waals surface area contributed by atoms with Crippen LogP contribution in [0.5, 0.6) is 0 Å². The minimum atomic E-state index is -0.824. The van der Waals surface area contributed by atoms with E-state index in [0.717, 1.165) is 44.4 Å². The van der Waals surface area contributed by atoms with E-state index in [1.54, 1.807) is 11.3 Å². The highest BCUT2D eigenvalue weighted by atomic mass is 32.1. The lowest BCUT2D eigenvalue weighted by Crippen LogP contribution is -2.48. The Kier molecular flexibility index (Phi) is 5.33. The first-order chi connectivity index (χ1) is 9.54. The van der Waals surface area contributed by atoms with Gasteiger partial charge in [0.1, 0.15) is 0 Å². The van der Waals surface area contributed by atoms with Gasteiger partial charge >= 0.3 is 5.97 Å².